The smallest absolute Gasteiger partial charge is 0.326 e. The second-order valence-electron chi connectivity index (χ2n) is 4.23. The predicted octanol–water partition coefficient (Wildman–Crippen LogP) is -0.0785. The van der Waals surface area contributed by atoms with E-state index in [1.54, 1.807) is 5.51 Å². The van der Waals surface area contributed by atoms with Crippen molar-refractivity contribution in [1.29, 1.82) is 0 Å². The van der Waals surface area contributed by atoms with Crippen molar-refractivity contribution in [3.8, 4) is 0 Å². The molecule has 20 heavy (non-hydrogen) atoms. The van der Waals surface area contributed by atoms with Crippen molar-refractivity contribution in [3.63, 3.8) is 0 Å². The summed E-state index contributed by atoms with van der Waals surface area (Å²) in [6.07, 6.45) is -0.450. The minimum atomic E-state index is -1.33. The van der Waals surface area contributed by atoms with Crippen LogP contribution in [0.1, 0.15) is 17.0 Å². The summed E-state index contributed by atoms with van der Waals surface area (Å²) < 4.78 is 0. The summed E-state index contributed by atoms with van der Waals surface area (Å²) >= 11 is 1.41. The number of carboxylic acids is 1. The minimum absolute atomic E-state index is 0.311. The van der Waals surface area contributed by atoms with Crippen LogP contribution in [0.5, 0.6) is 0 Å². The molecule has 4 N–H and O–H groups in total. The fourth-order valence-corrected chi connectivity index (χ4v) is 2.26. The number of carboxylic acid groups (broad SMARTS) is 1. The zero-order chi connectivity index (χ0) is 15.3. The van der Waals surface area contributed by atoms with Gasteiger partial charge in [0.25, 0.3) is 0 Å². The largest absolute Gasteiger partial charge is 0.480 e. The molecule has 1 heterocycles. The molecule has 0 bridgehead atoms. The quantitative estimate of drug-likeness (QED) is 0.677. The van der Waals surface area contributed by atoms with Gasteiger partial charge in [0.15, 0.2) is 0 Å². The van der Waals surface area contributed by atoms with Crippen molar-refractivity contribution in [2.75, 3.05) is 7.05 Å². The van der Waals surface area contributed by atoms with Crippen LogP contribution in [0.25, 0.3) is 0 Å². The van der Waals surface area contributed by atoms with E-state index in [0.717, 1.165) is 10.6 Å². The molecular weight excluding hydrogens is 284 g/mol. The van der Waals surface area contributed by atoms with Crippen LogP contribution in [0.15, 0.2) is 5.51 Å². The summed E-state index contributed by atoms with van der Waals surface area (Å²) in [7, 11) is 1.53. The second-order valence-corrected chi connectivity index (χ2v) is 5.17. The zero-order valence-corrected chi connectivity index (χ0v) is 11.9. The standard InChI is InChI=1S/C11H16N4O4S/c1-6-8(20-5-13-6)4-15(2)11(19)14-7(10(17)18)3-9(12)16/h5,7H,3-4H2,1-2H3,(H2,12,16)(H,14,19)(H,17,18)/t7-/m0/s1. The number of hydrogen-bond donors (Lipinski definition) is 3. The van der Waals surface area contributed by atoms with Crippen LogP contribution in [0.2, 0.25) is 0 Å². The number of thiazole rings is 1. The molecule has 0 unspecified atom stereocenters. The molecule has 8 nitrogen and oxygen atoms in total. The highest BCUT2D eigenvalue weighted by molar-refractivity contribution is 7.09. The number of amides is 3. The summed E-state index contributed by atoms with van der Waals surface area (Å²) in [4.78, 5) is 39.8. The normalized spacial score (nSPS) is 11.7. The van der Waals surface area contributed by atoms with Gasteiger partial charge in [0.1, 0.15) is 6.04 Å². The molecule has 0 spiro atoms. The Bertz CT molecular complexity index is 516. The lowest BCUT2D eigenvalue weighted by Crippen LogP contribution is -2.47. The Hall–Kier alpha value is -2.16. The molecule has 1 aromatic rings. The molecule has 0 radical (unpaired) electrons. The van der Waals surface area contributed by atoms with Gasteiger partial charge in [-0.3, -0.25) is 4.79 Å². The first-order chi connectivity index (χ1) is 9.31. The van der Waals surface area contributed by atoms with Crippen molar-refractivity contribution >= 4 is 29.2 Å². The van der Waals surface area contributed by atoms with E-state index in [2.05, 4.69) is 10.3 Å². The summed E-state index contributed by atoms with van der Waals surface area (Å²) in [5, 5.41) is 11.2. The number of nitrogens with two attached hydrogens (primary N) is 1. The van der Waals surface area contributed by atoms with Gasteiger partial charge < -0.3 is 21.1 Å². The van der Waals surface area contributed by atoms with Crippen molar-refractivity contribution in [3.05, 3.63) is 16.1 Å². The number of aryl methyl sites for hydroxylation is 1. The Labute approximate surface area is 119 Å². The van der Waals surface area contributed by atoms with E-state index >= 15 is 0 Å². The maximum atomic E-state index is 11.9. The highest BCUT2D eigenvalue weighted by atomic mass is 32.1. The molecule has 9 heteroatoms. The average molecular weight is 300 g/mol. The number of carbonyl (C=O) groups excluding carboxylic acids is 2. The van der Waals surface area contributed by atoms with Gasteiger partial charge in [-0.15, -0.1) is 11.3 Å². The summed E-state index contributed by atoms with van der Waals surface area (Å²) in [6, 6.07) is -1.92. The van der Waals surface area contributed by atoms with Gasteiger partial charge in [-0.2, -0.15) is 0 Å². The first-order valence-corrected chi connectivity index (χ1v) is 6.61. The molecule has 0 aliphatic heterocycles. The van der Waals surface area contributed by atoms with Crippen molar-refractivity contribution in [1.82, 2.24) is 15.2 Å². The Morgan fingerprint density at radius 1 is 1.55 bits per heavy atom. The van der Waals surface area contributed by atoms with Crippen LogP contribution in [-0.2, 0) is 16.1 Å². The second kappa shape index (κ2) is 6.85. The molecule has 0 aliphatic carbocycles. The molecule has 3 amide bonds. The summed E-state index contributed by atoms with van der Waals surface area (Å²) in [5.74, 6) is -2.10. The number of aromatic nitrogens is 1. The number of nitrogens with one attached hydrogen (secondary N) is 1. The number of primary amides is 1. The number of urea groups is 1. The highest BCUT2D eigenvalue weighted by Crippen LogP contribution is 2.14. The number of carbonyl (C=O) groups is 3. The first kappa shape index (κ1) is 15.9. The van der Waals surface area contributed by atoms with Gasteiger partial charge in [0.05, 0.1) is 24.2 Å². The topological polar surface area (TPSA) is 126 Å². The number of rotatable bonds is 6. The third kappa shape index (κ3) is 4.50. The van der Waals surface area contributed by atoms with Crippen molar-refractivity contribution in [2.45, 2.75) is 25.9 Å². The molecule has 0 aromatic carbocycles. The molecule has 0 saturated heterocycles. The molecule has 1 atom stereocenters. The maximum Gasteiger partial charge on any atom is 0.326 e. The van der Waals surface area contributed by atoms with Crippen LogP contribution in [0.3, 0.4) is 0 Å². The Morgan fingerprint density at radius 3 is 2.65 bits per heavy atom. The van der Waals surface area contributed by atoms with Crippen molar-refractivity contribution < 1.29 is 19.5 Å². The van der Waals surface area contributed by atoms with Gasteiger partial charge >= 0.3 is 12.0 Å². The SMILES string of the molecule is Cc1ncsc1CN(C)C(=O)N[C@@H](CC(N)=O)C(=O)O. The lowest BCUT2D eigenvalue weighted by Gasteiger charge is -2.20. The highest BCUT2D eigenvalue weighted by Gasteiger charge is 2.24. The van der Waals surface area contributed by atoms with Crippen LogP contribution in [0.4, 0.5) is 4.79 Å². The zero-order valence-electron chi connectivity index (χ0n) is 11.1. The van der Waals surface area contributed by atoms with Gasteiger partial charge in [-0.05, 0) is 6.92 Å². The third-order valence-corrected chi connectivity index (χ3v) is 3.49. The minimum Gasteiger partial charge on any atom is -0.480 e. The van der Waals surface area contributed by atoms with Crippen LogP contribution < -0.4 is 11.1 Å². The molecule has 110 valence electrons. The Balaban J connectivity index is 2.62. The van der Waals surface area contributed by atoms with E-state index in [9.17, 15) is 14.4 Å². The van der Waals surface area contributed by atoms with Crippen LogP contribution >= 0.6 is 11.3 Å². The number of aliphatic carboxylic acids is 1. The van der Waals surface area contributed by atoms with Gasteiger partial charge in [0, 0.05) is 11.9 Å². The van der Waals surface area contributed by atoms with E-state index in [0.29, 0.717) is 6.54 Å². The van der Waals surface area contributed by atoms with E-state index < -0.39 is 30.4 Å². The van der Waals surface area contributed by atoms with Crippen LogP contribution in [-0.4, -0.2) is 46.0 Å². The third-order valence-electron chi connectivity index (χ3n) is 2.57. The van der Waals surface area contributed by atoms with Gasteiger partial charge in [-0.25, -0.2) is 14.6 Å². The Kier molecular flexibility index (Phi) is 5.44. The molecule has 0 fully saturated rings. The van der Waals surface area contributed by atoms with E-state index in [1.807, 2.05) is 6.92 Å². The van der Waals surface area contributed by atoms with E-state index in [4.69, 9.17) is 10.8 Å². The number of nitrogens with zero attached hydrogens (tertiary/aromatic N) is 2. The van der Waals surface area contributed by atoms with Crippen molar-refractivity contribution in [2.24, 2.45) is 5.73 Å². The fraction of sp³-hybridized carbons (Fsp3) is 0.455. The van der Waals surface area contributed by atoms with Crippen LogP contribution in [0, 0.1) is 6.92 Å². The van der Waals surface area contributed by atoms with Gasteiger partial charge in [0.2, 0.25) is 5.91 Å². The van der Waals surface area contributed by atoms with E-state index in [1.165, 1.54) is 23.3 Å². The molecule has 0 aliphatic rings. The van der Waals surface area contributed by atoms with E-state index in [-0.39, 0.29) is 0 Å². The predicted molar refractivity (Wildman–Crippen MR) is 72.1 cm³/mol. The molecular formula is C11H16N4O4S. The molecule has 0 saturated carbocycles. The summed E-state index contributed by atoms with van der Waals surface area (Å²) in [5.41, 5.74) is 7.43. The molecule has 1 rings (SSSR count). The van der Waals surface area contributed by atoms with Gasteiger partial charge in [-0.1, -0.05) is 0 Å². The lowest BCUT2D eigenvalue weighted by atomic mass is 10.2. The fourth-order valence-electron chi connectivity index (χ4n) is 1.43. The maximum absolute atomic E-state index is 11.9. The average Bonchev–Trinajstić information content (AvgIpc) is 2.73. The number of hydrogen-bond acceptors (Lipinski definition) is 5. The lowest BCUT2D eigenvalue weighted by molar-refractivity contribution is -0.140. The summed E-state index contributed by atoms with van der Waals surface area (Å²) in [6.45, 7) is 2.13. The monoisotopic (exact) mass is 300 g/mol. The Morgan fingerprint density at radius 2 is 2.20 bits per heavy atom. The molecule has 1 aromatic heterocycles. The first-order valence-electron chi connectivity index (χ1n) is 5.73.